The number of hydrogen-bond acceptors (Lipinski definition) is 9. The molecule has 0 radical (unpaired) electrons. The zero-order valence-electron chi connectivity index (χ0n) is 21.6. The summed E-state index contributed by atoms with van der Waals surface area (Å²) in [5.74, 6) is 7.45. The van der Waals surface area contributed by atoms with Crippen LogP contribution in [0.1, 0.15) is 41.1 Å². The molecule has 5 rings (SSSR count). The maximum Gasteiger partial charge on any atom is 0.511 e. The standard InChI is InChI=1S/C28H25N5O6.ClH/c1-37-22-12-16(10-18-13-31-27(30)32-26(18)29)9-17(25(22)38-2)5-3-15-4-8-20-21(11-15)33(19-6-7-19)14-23(24(20)34)39-28(35)36;/h4,8-9,11-14,19H,6-7,10H2,1-2H3,(H,35,36)(H4,29,30,31,32);1H. The van der Waals surface area contributed by atoms with E-state index in [2.05, 4.69) is 21.8 Å². The number of carbonyl (C=O) groups is 1. The van der Waals surface area contributed by atoms with Crippen LogP contribution >= 0.6 is 12.4 Å². The molecule has 0 aliphatic heterocycles. The first-order valence-corrected chi connectivity index (χ1v) is 12.0. The predicted octanol–water partition coefficient (Wildman–Crippen LogP) is 3.78. The molecule has 0 atom stereocenters. The molecule has 4 aromatic rings. The molecule has 206 valence electrons. The number of nitrogen functional groups attached to an aromatic ring is 2. The highest BCUT2D eigenvalue weighted by molar-refractivity contribution is 5.85. The van der Waals surface area contributed by atoms with Crippen LogP contribution in [0.25, 0.3) is 10.9 Å². The number of rotatable bonds is 6. The van der Waals surface area contributed by atoms with Gasteiger partial charge in [0, 0.05) is 35.2 Å². The van der Waals surface area contributed by atoms with Gasteiger partial charge in [-0.3, -0.25) is 4.79 Å². The van der Waals surface area contributed by atoms with Gasteiger partial charge in [-0.1, -0.05) is 11.8 Å². The molecular weight excluding hydrogens is 538 g/mol. The summed E-state index contributed by atoms with van der Waals surface area (Å²) in [5.41, 5.74) is 14.6. The quantitative estimate of drug-likeness (QED) is 0.232. The van der Waals surface area contributed by atoms with Gasteiger partial charge >= 0.3 is 6.16 Å². The number of pyridine rings is 1. The molecule has 0 amide bonds. The molecule has 1 saturated carbocycles. The summed E-state index contributed by atoms with van der Waals surface area (Å²) < 4.78 is 17.7. The van der Waals surface area contributed by atoms with E-state index in [0.29, 0.717) is 51.3 Å². The lowest BCUT2D eigenvalue weighted by Gasteiger charge is -2.13. The third kappa shape index (κ3) is 5.72. The van der Waals surface area contributed by atoms with Gasteiger partial charge < -0.3 is 35.4 Å². The normalized spacial score (nSPS) is 12.2. The first kappa shape index (κ1) is 28.1. The van der Waals surface area contributed by atoms with Crippen molar-refractivity contribution in [3.63, 3.8) is 0 Å². The second-order valence-electron chi connectivity index (χ2n) is 9.01. The van der Waals surface area contributed by atoms with Crippen LogP contribution in [-0.4, -0.2) is 40.0 Å². The number of carboxylic acid groups (broad SMARTS) is 1. The van der Waals surface area contributed by atoms with Crippen molar-refractivity contribution in [1.82, 2.24) is 14.5 Å². The van der Waals surface area contributed by atoms with Crippen LogP contribution in [0.2, 0.25) is 0 Å². The van der Waals surface area contributed by atoms with Crippen molar-refractivity contribution >= 4 is 41.2 Å². The van der Waals surface area contributed by atoms with Crippen LogP contribution in [0.5, 0.6) is 17.2 Å². The van der Waals surface area contributed by atoms with Crippen LogP contribution in [-0.2, 0) is 6.42 Å². The Kier molecular flexibility index (Phi) is 8.02. The molecule has 5 N–H and O–H groups in total. The minimum atomic E-state index is -1.53. The third-order valence-electron chi connectivity index (χ3n) is 6.33. The molecule has 0 unspecified atom stereocenters. The SMILES string of the molecule is COc1cc(Cc2cnc(N)nc2N)cc(C#Cc2ccc3c(=O)c(OC(=O)O)cn(C4CC4)c3c2)c1OC.Cl. The number of fused-ring (bicyclic) bond motifs is 1. The van der Waals surface area contributed by atoms with E-state index in [9.17, 15) is 9.59 Å². The Hall–Kier alpha value is -4.95. The Bertz CT molecular complexity index is 1740. The summed E-state index contributed by atoms with van der Waals surface area (Å²) in [4.78, 5) is 31.9. The summed E-state index contributed by atoms with van der Waals surface area (Å²) in [5, 5.41) is 9.37. The molecule has 2 aromatic carbocycles. The Labute approximate surface area is 235 Å². The highest BCUT2D eigenvalue weighted by Gasteiger charge is 2.26. The number of ether oxygens (including phenoxy) is 3. The fourth-order valence-electron chi connectivity index (χ4n) is 4.37. The van der Waals surface area contributed by atoms with Crippen LogP contribution < -0.4 is 31.1 Å². The number of benzene rings is 2. The maximum absolute atomic E-state index is 12.8. The number of aromatic nitrogens is 3. The fraction of sp³-hybridized carbons (Fsp3) is 0.214. The third-order valence-corrected chi connectivity index (χ3v) is 6.33. The number of methoxy groups -OCH3 is 2. The van der Waals surface area contributed by atoms with Gasteiger partial charge in [0.25, 0.3) is 0 Å². The van der Waals surface area contributed by atoms with E-state index in [1.807, 2.05) is 22.8 Å². The maximum atomic E-state index is 12.8. The van der Waals surface area contributed by atoms with Gasteiger partial charge in [-0.25, -0.2) is 9.78 Å². The van der Waals surface area contributed by atoms with Crippen LogP contribution in [0.15, 0.2) is 47.5 Å². The monoisotopic (exact) mass is 563 g/mol. The van der Waals surface area contributed by atoms with Crippen molar-refractivity contribution in [2.45, 2.75) is 25.3 Å². The predicted molar refractivity (Wildman–Crippen MR) is 152 cm³/mol. The largest absolute Gasteiger partial charge is 0.511 e. The molecule has 2 heterocycles. The first-order valence-electron chi connectivity index (χ1n) is 12.0. The van der Waals surface area contributed by atoms with Crippen molar-refractivity contribution in [2.75, 3.05) is 25.7 Å². The highest BCUT2D eigenvalue weighted by atomic mass is 35.5. The molecule has 0 spiro atoms. The fourth-order valence-corrected chi connectivity index (χ4v) is 4.37. The van der Waals surface area contributed by atoms with Crippen molar-refractivity contribution in [3.05, 3.63) is 75.2 Å². The molecular formula is C28H26ClN5O6. The molecule has 40 heavy (non-hydrogen) atoms. The molecule has 1 aliphatic carbocycles. The Balaban J connectivity index is 0.00000370. The molecule has 12 heteroatoms. The second-order valence-corrected chi connectivity index (χ2v) is 9.01. The minimum Gasteiger partial charge on any atom is -0.493 e. The molecule has 1 aliphatic rings. The van der Waals surface area contributed by atoms with E-state index in [0.717, 1.165) is 18.4 Å². The summed E-state index contributed by atoms with van der Waals surface area (Å²) >= 11 is 0. The number of nitrogens with zero attached hydrogens (tertiary/aromatic N) is 3. The van der Waals surface area contributed by atoms with Crippen molar-refractivity contribution in [3.8, 4) is 29.1 Å². The minimum absolute atomic E-state index is 0. The molecule has 0 bridgehead atoms. The summed E-state index contributed by atoms with van der Waals surface area (Å²) in [6, 6.07) is 9.03. The van der Waals surface area contributed by atoms with E-state index in [1.165, 1.54) is 13.3 Å². The number of anilines is 2. The highest BCUT2D eigenvalue weighted by Crippen LogP contribution is 2.38. The smallest absolute Gasteiger partial charge is 0.493 e. The molecule has 1 fully saturated rings. The average Bonchev–Trinajstić information content (AvgIpc) is 3.75. The lowest BCUT2D eigenvalue weighted by Crippen LogP contribution is -2.16. The Morgan fingerprint density at radius 2 is 1.90 bits per heavy atom. The number of nitrogens with two attached hydrogens (primary N) is 2. The summed E-state index contributed by atoms with van der Waals surface area (Å²) in [6.45, 7) is 0. The summed E-state index contributed by atoms with van der Waals surface area (Å²) in [7, 11) is 3.08. The van der Waals surface area contributed by atoms with Crippen molar-refractivity contribution in [2.24, 2.45) is 0 Å². The van der Waals surface area contributed by atoms with Crippen LogP contribution in [0.4, 0.5) is 16.6 Å². The lowest BCUT2D eigenvalue weighted by atomic mass is 10.0. The molecule has 2 aromatic heterocycles. The van der Waals surface area contributed by atoms with Gasteiger partial charge in [0.15, 0.2) is 17.2 Å². The second kappa shape index (κ2) is 11.4. The van der Waals surface area contributed by atoms with E-state index in [1.54, 1.807) is 25.4 Å². The Morgan fingerprint density at radius 3 is 2.55 bits per heavy atom. The van der Waals surface area contributed by atoms with Crippen molar-refractivity contribution < 1.29 is 24.1 Å². The lowest BCUT2D eigenvalue weighted by molar-refractivity contribution is 0.143. The van der Waals surface area contributed by atoms with Gasteiger partial charge in [-0.15, -0.1) is 12.4 Å². The topological polar surface area (TPSA) is 165 Å². The van der Waals surface area contributed by atoms with Gasteiger partial charge in [0.05, 0.1) is 31.5 Å². The first-order chi connectivity index (χ1) is 18.8. The van der Waals surface area contributed by atoms with E-state index in [4.69, 9.17) is 30.8 Å². The number of halogens is 1. The van der Waals surface area contributed by atoms with Gasteiger partial charge in [-0.2, -0.15) is 4.98 Å². The van der Waals surface area contributed by atoms with Gasteiger partial charge in [0.1, 0.15) is 5.82 Å². The Morgan fingerprint density at radius 1 is 1.12 bits per heavy atom. The van der Waals surface area contributed by atoms with E-state index >= 15 is 0 Å². The van der Waals surface area contributed by atoms with Crippen LogP contribution in [0.3, 0.4) is 0 Å². The van der Waals surface area contributed by atoms with Crippen LogP contribution in [0, 0.1) is 11.8 Å². The number of hydrogen-bond donors (Lipinski definition) is 3. The zero-order chi connectivity index (χ0) is 27.7. The van der Waals surface area contributed by atoms with Crippen molar-refractivity contribution in [1.29, 1.82) is 0 Å². The molecule has 11 nitrogen and oxygen atoms in total. The summed E-state index contributed by atoms with van der Waals surface area (Å²) in [6.07, 6.45) is 3.78. The van der Waals surface area contributed by atoms with Gasteiger partial charge in [0.2, 0.25) is 11.4 Å². The van der Waals surface area contributed by atoms with Gasteiger partial charge in [-0.05, 0) is 48.7 Å². The molecule has 0 saturated heterocycles. The zero-order valence-corrected chi connectivity index (χ0v) is 22.4. The average molecular weight is 564 g/mol. The van der Waals surface area contributed by atoms with E-state index < -0.39 is 11.6 Å². The van der Waals surface area contributed by atoms with E-state index in [-0.39, 0.29) is 30.1 Å².